The van der Waals surface area contributed by atoms with Crippen molar-refractivity contribution in [2.24, 2.45) is 0 Å². The highest BCUT2D eigenvalue weighted by Gasteiger charge is 2.14. The van der Waals surface area contributed by atoms with E-state index in [0.29, 0.717) is 17.0 Å². The molecule has 0 saturated carbocycles. The molecule has 0 aliphatic carbocycles. The largest absolute Gasteiger partial charge is 0.495 e. The molecule has 1 N–H and O–H groups in total. The average molecular weight is 271 g/mol. The summed E-state index contributed by atoms with van der Waals surface area (Å²) in [6.07, 6.45) is 2.29. The molecule has 6 heteroatoms. The molecule has 1 aromatic carbocycles. The van der Waals surface area contributed by atoms with Crippen molar-refractivity contribution in [2.45, 2.75) is 0 Å². The number of carbonyl (C=O) groups is 1. The van der Waals surface area contributed by atoms with Gasteiger partial charge in [-0.2, -0.15) is 5.26 Å². The number of aromatic nitrogens is 1. The number of nitrogens with zero attached hydrogens (tertiary/aromatic N) is 2. The van der Waals surface area contributed by atoms with E-state index in [9.17, 15) is 9.18 Å². The fourth-order valence-corrected chi connectivity index (χ4v) is 1.61. The van der Waals surface area contributed by atoms with Crippen LogP contribution in [0.4, 0.5) is 10.1 Å². The van der Waals surface area contributed by atoms with Gasteiger partial charge in [0.15, 0.2) is 5.82 Å². The zero-order valence-electron chi connectivity index (χ0n) is 10.6. The third-order valence-corrected chi connectivity index (χ3v) is 2.60. The summed E-state index contributed by atoms with van der Waals surface area (Å²) in [5.41, 5.74) is 0.633. The lowest BCUT2D eigenvalue weighted by atomic mass is 10.2. The summed E-state index contributed by atoms with van der Waals surface area (Å²) < 4.78 is 18.5. The number of carbonyl (C=O) groups excluding carboxylic acids is 1. The van der Waals surface area contributed by atoms with E-state index in [2.05, 4.69) is 10.3 Å². The molecule has 2 aromatic rings. The molecule has 0 aliphatic rings. The number of benzene rings is 1. The monoisotopic (exact) mass is 271 g/mol. The van der Waals surface area contributed by atoms with Crippen LogP contribution in [-0.4, -0.2) is 18.0 Å². The summed E-state index contributed by atoms with van der Waals surface area (Å²) in [5.74, 6) is -1.00. The molecule has 100 valence electrons. The van der Waals surface area contributed by atoms with E-state index < -0.39 is 11.7 Å². The Morgan fingerprint density at radius 2 is 2.25 bits per heavy atom. The SMILES string of the molecule is COc1cc(C#N)ccc1NC(=O)c1ccncc1F. The smallest absolute Gasteiger partial charge is 0.258 e. The first-order valence-electron chi connectivity index (χ1n) is 5.64. The lowest BCUT2D eigenvalue weighted by Gasteiger charge is -2.10. The van der Waals surface area contributed by atoms with Crippen LogP contribution < -0.4 is 10.1 Å². The van der Waals surface area contributed by atoms with Crippen molar-refractivity contribution in [1.29, 1.82) is 5.26 Å². The molecule has 0 spiro atoms. The normalized spacial score (nSPS) is 9.65. The van der Waals surface area contributed by atoms with Crippen molar-refractivity contribution < 1.29 is 13.9 Å². The Labute approximate surface area is 114 Å². The molecule has 0 aliphatic heterocycles. The minimum Gasteiger partial charge on any atom is -0.495 e. The Morgan fingerprint density at radius 3 is 2.90 bits per heavy atom. The molecule has 20 heavy (non-hydrogen) atoms. The van der Waals surface area contributed by atoms with Crippen LogP contribution in [0.15, 0.2) is 36.7 Å². The van der Waals surface area contributed by atoms with Gasteiger partial charge in [0.2, 0.25) is 0 Å². The summed E-state index contributed by atoms with van der Waals surface area (Å²) in [6.45, 7) is 0. The molecule has 0 fully saturated rings. The molecule has 0 atom stereocenters. The number of amides is 1. The summed E-state index contributed by atoms with van der Waals surface area (Å²) in [6, 6.07) is 7.78. The molecule has 0 saturated heterocycles. The van der Waals surface area contributed by atoms with Crippen molar-refractivity contribution in [2.75, 3.05) is 12.4 Å². The summed E-state index contributed by atoms with van der Waals surface area (Å²) in [7, 11) is 1.42. The van der Waals surface area contributed by atoms with Gasteiger partial charge in [-0.1, -0.05) is 0 Å². The minimum absolute atomic E-state index is 0.119. The van der Waals surface area contributed by atoms with Gasteiger partial charge in [0.25, 0.3) is 5.91 Å². The van der Waals surface area contributed by atoms with Crippen LogP contribution in [0.25, 0.3) is 0 Å². The van der Waals surface area contributed by atoms with Crippen LogP contribution in [0.1, 0.15) is 15.9 Å². The molecule has 1 aromatic heterocycles. The molecule has 5 nitrogen and oxygen atoms in total. The van der Waals surface area contributed by atoms with Gasteiger partial charge in [-0.15, -0.1) is 0 Å². The maximum atomic E-state index is 13.4. The lowest BCUT2D eigenvalue weighted by Crippen LogP contribution is -2.14. The van der Waals surface area contributed by atoms with E-state index in [1.807, 2.05) is 6.07 Å². The number of nitrogens with one attached hydrogen (secondary N) is 1. The highest BCUT2D eigenvalue weighted by Crippen LogP contribution is 2.26. The predicted molar refractivity (Wildman–Crippen MR) is 69.9 cm³/mol. The van der Waals surface area contributed by atoms with E-state index in [0.717, 1.165) is 6.20 Å². The first kappa shape index (κ1) is 13.5. The van der Waals surface area contributed by atoms with E-state index in [1.54, 1.807) is 0 Å². The number of nitriles is 1. The van der Waals surface area contributed by atoms with Crippen LogP contribution in [-0.2, 0) is 0 Å². The Hall–Kier alpha value is -2.94. The van der Waals surface area contributed by atoms with Crippen molar-refractivity contribution in [3.8, 4) is 11.8 Å². The second kappa shape index (κ2) is 5.80. The zero-order valence-corrected chi connectivity index (χ0v) is 10.6. The number of hydrogen-bond acceptors (Lipinski definition) is 4. The highest BCUT2D eigenvalue weighted by molar-refractivity contribution is 6.05. The minimum atomic E-state index is -0.711. The van der Waals surface area contributed by atoms with Gasteiger partial charge in [0.1, 0.15) is 5.75 Å². The second-order valence-corrected chi connectivity index (χ2v) is 3.84. The fraction of sp³-hybridized carbons (Fsp3) is 0.0714. The number of ether oxygens (including phenoxy) is 1. The van der Waals surface area contributed by atoms with Crippen molar-refractivity contribution in [3.05, 3.63) is 53.6 Å². The van der Waals surface area contributed by atoms with E-state index in [-0.39, 0.29) is 5.56 Å². The number of anilines is 1. The van der Waals surface area contributed by atoms with E-state index in [1.165, 1.54) is 37.6 Å². The Bertz CT molecular complexity index is 695. The van der Waals surface area contributed by atoms with Crippen LogP contribution >= 0.6 is 0 Å². The van der Waals surface area contributed by atoms with Crippen LogP contribution in [0, 0.1) is 17.1 Å². The maximum absolute atomic E-state index is 13.4. The van der Waals surface area contributed by atoms with Gasteiger partial charge >= 0.3 is 0 Å². The highest BCUT2D eigenvalue weighted by atomic mass is 19.1. The van der Waals surface area contributed by atoms with Gasteiger partial charge in [0.05, 0.1) is 36.2 Å². The molecule has 0 unspecified atom stereocenters. The quantitative estimate of drug-likeness (QED) is 0.929. The number of rotatable bonds is 3. The fourth-order valence-electron chi connectivity index (χ4n) is 1.61. The van der Waals surface area contributed by atoms with Crippen molar-refractivity contribution >= 4 is 11.6 Å². The molecule has 2 rings (SSSR count). The first-order valence-corrected chi connectivity index (χ1v) is 5.64. The Balaban J connectivity index is 2.29. The maximum Gasteiger partial charge on any atom is 0.258 e. The van der Waals surface area contributed by atoms with Gasteiger partial charge in [0, 0.05) is 12.3 Å². The second-order valence-electron chi connectivity index (χ2n) is 3.84. The van der Waals surface area contributed by atoms with Crippen LogP contribution in [0.3, 0.4) is 0 Å². The number of methoxy groups -OCH3 is 1. The third-order valence-electron chi connectivity index (χ3n) is 2.60. The third kappa shape index (κ3) is 2.72. The van der Waals surface area contributed by atoms with Crippen LogP contribution in [0.5, 0.6) is 5.75 Å². The summed E-state index contributed by atoms with van der Waals surface area (Å²) in [5, 5.41) is 11.3. The van der Waals surface area contributed by atoms with Crippen LogP contribution in [0.2, 0.25) is 0 Å². The Kier molecular flexibility index (Phi) is 3.91. The number of halogens is 1. The van der Waals surface area contributed by atoms with Gasteiger partial charge in [-0.25, -0.2) is 4.39 Å². The topological polar surface area (TPSA) is 75.0 Å². The molecule has 1 amide bonds. The Morgan fingerprint density at radius 1 is 1.45 bits per heavy atom. The molecule has 0 bridgehead atoms. The van der Waals surface area contributed by atoms with Gasteiger partial charge < -0.3 is 10.1 Å². The molecule has 0 radical (unpaired) electrons. The predicted octanol–water partition coefficient (Wildman–Crippen LogP) is 2.35. The molecule has 1 heterocycles. The van der Waals surface area contributed by atoms with Crippen molar-refractivity contribution in [1.82, 2.24) is 4.98 Å². The average Bonchev–Trinajstić information content (AvgIpc) is 2.48. The van der Waals surface area contributed by atoms with Crippen molar-refractivity contribution in [3.63, 3.8) is 0 Å². The van der Waals surface area contributed by atoms with E-state index >= 15 is 0 Å². The standard InChI is InChI=1S/C14H10FN3O2/c1-20-13-6-9(7-16)2-3-12(13)18-14(19)10-4-5-17-8-11(10)15/h2-6,8H,1H3,(H,18,19). The lowest BCUT2D eigenvalue weighted by molar-refractivity contribution is 0.102. The zero-order chi connectivity index (χ0) is 14.5. The summed E-state index contributed by atoms with van der Waals surface area (Å²) in [4.78, 5) is 15.5. The van der Waals surface area contributed by atoms with E-state index in [4.69, 9.17) is 10.00 Å². The van der Waals surface area contributed by atoms with Gasteiger partial charge in [-0.05, 0) is 18.2 Å². The first-order chi connectivity index (χ1) is 9.65. The number of pyridine rings is 1. The van der Waals surface area contributed by atoms with Gasteiger partial charge in [-0.3, -0.25) is 9.78 Å². The molecular formula is C14H10FN3O2. The number of hydrogen-bond donors (Lipinski definition) is 1. The molecular weight excluding hydrogens is 261 g/mol. The summed E-state index contributed by atoms with van der Waals surface area (Å²) >= 11 is 0.